The van der Waals surface area contributed by atoms with Crippen LogP contribution in [0.4, 0.5) is 0 Å². The second-order valence-corrected chi connectivity index (χ2v) is 6.58. The Morgan fingerprint density at radius 2 is 1.94 bits per heavy atom. The van der Waals surface area contributed by atoms with Crippen molar-refractivity contribution < 1.29 is 8.42 Å². The zero-order valence-corrected chi connectivity index (χ0v) is 12.9. The van der Waals surface area contributed by atoms with Gasteiger partial charge in [0.25, 0.3) is 10.0 Å². The monoisotopic (exact) mass is 332 g/mol. The Hall–Kier alpha value is -0.880. The number of rotatable bonds is 6. The average molecular weight is 333 g/mol. The maximum absolute atomic E-state index is 11.9. The minimum absolute atomic E-state index is 0.206. The molecule has 0 radical (unpaired) electrons. The first-order chi connectivity index (χ1) is 8.45. The number of benzene rings is 1. The van der Waals surface area contributed by atoms with E-state index in [1.807, 2.05) is 6.92 Å². The van der Waals surface area contributed by atoms with Gasteiger partial charge in [0.2, 0.25) is 0 Å². The molecule has 1 aromatic carbocycles. The molecule has 4 nitrogen and oxygen atoms in total. The summed E-state index contributed by atoms with van der Waals surface area (Å²) in [6, 6.07) is 6.43. The highest BCUT2D eigenvalue weighted by atomic mass is 79.9. The van der Waals surface area contributed by atoms with E-state index in [1.54, 1.807) is 12.1 Å². The Balaban J connectivity index is 2.73. The SMILES string of the molecule is CCCC/C(C)=N\NS(=O)(=O)c1ccc(Br)cc1. The van der Waals surface area contributed by atoms with Crippen molar-refractivity contribution in [2.75, 3.05) is 0 Å². The lowest BCUT2D eigenvalue weighted by molar-refractivity contribution is 0.584. The van der Waals surface area contributed by atoms with Crippen LogP contribution < -0.4 is 4.83 Å². The molecule has 0 heterocycles. The number of nitrogens with one attached hydrogen (secondary N) is 1. The highest BCUT2D eigenvalue weighted by Crippen LogP contribution is 2.14. The zero-order valence-electron chi connectivity index (χ0n) is 10.5. The number of sulfonamides is 1. The molecule has 1 N–H and O–H groups in total. The van der Waals surface area contributed by atoms with Crippen molar-refractivity contribution in [3.63, 3.8) is 0 Å². The van der Waals surface area contributed by atoms with Crippen molar-refractivity contribution in [2.24, 2.45) is 5.10 Å². The van der Waals surface area contributed by atoms with E-state index >= 15 is 0 Å². The molecule has 100 valence electrons. The third kappa shape index (κ3) is 4.78. The van der Waals surface area contributed by atoms with Crippen LogP contribution in [0.15, 0.2) is 38.7 Å². The Kier molecular flexibility index (Phi) is 5.81. The number of hydrogen-bond donors (Lipinski definition) is 1. The third-order valence-electron chi connectivity index (χ3n) is 2.37. The van der Waals surface area contributed by atoms with Crippen LogP contribution in [0.1, 0.15) is 33.1 Å². The second-order valence-electron chi connectivity index (χ2n) is 4.00. The number of halogens is 1. The largest absolute Gasteiger partial charge is 0.276 e. The highest BCUT2D eigenvalue weighted by molar-refractivity contribution is 9.10. The van der Waals surface area contributed by atoms with Crippen LogP contribution in [0.25, 0.3) is 0 Å². The minimum Gasteiger partial charge on any atom is -0.200 e. The van der Waals surface area contributed by atoms with Gasteiger partial charge in [-0.1, -0.05) is 29.3 Å². The number of nitrogens with zero attached hydrogens (tertiary/aromatic N) is 1. The van der Waals surface area contributed by atoms with Gasteiger partial charge in [-0.3, -0.25) is 0 Å². The normalized spacial score (nSPS) is 12.5. The number of unbranched alkanes of at least 4 members (excludes halogenated alkanes) is 1. The van der Waals surface area contributed by atoms with E-state index in [0.29, 0.717) is 0 Å². The molecule has 0 atom stereocenters. The number of hydrazone groups is 1. The van der Waals surface area contributed by atoms with E-state index in [0.717, 1.165) is 29.4 Å². The molecule has 0 aromatic heterocycles. The van der Waals surface area contributed by atoms with Gasteiger partial charge >= 0.3 is 0 Å². The molecular formula is C12H17BrN2O2S. The van der Waals surface area contributed by atoms with E-state index in [9.17, 15) is 8.42 Å². The first kappa shape index (κ1) is 15.2. The zero-order chi connectivity index (χ0) is 13.6. The Morgan fingerprint density at radius 1 is 1.33 bits per heavy atom. The summed E-state index contributed by atoms with van der Waals surface area (Å²) in [5, 5.41) is 3.90. The summed E-state index contributed by atoms with van der Waals surface area (Å²) in [7, 11) is -3.56. The van der Waals surface area contributed by atoms with Crippen molar-refractivity contribution in [3.05, 3.63) is 28.7 Å². The summed E-state index contributed by atoms with van der Waals surface area (Å²) in [5.41, 5.74) is 0.789. The van der Waals surface area contributed by atoms with Gasteiger partial charge in [0.1, 0.15) is 0 Å². The van der Waals surface area contributed by atoms with E-state index in [2.05, 4.69) is 32.8 Å². The first-order valence-corrected chi connectivity index (χ1v) is 8.04. The van der Waals surface area contributed by atoms with Crippen LogP contribution in [0.5, 0.6) is 0 Å². The predicted octanol–water partition coefficient (Wildman–Crippen LogP) is 3.29. The van der Waals surface area contributed by atoms with Gasteiger partial charge < -0.3 is 0 Å². The summed E-state index contributed by atoms with van der Waals surface area (Å²) in [4.78, 5) is 2.45. The van der Waals surface area contributed by atoms with Crippen LogP contribution in [-0.2, 0) is 10.0 Å². The van der Waals surface area contributed by atoms with E-state index in [-0.39, 0.29) is 4.90 Å². The summed E-state index contributed by atoms with van der Waals surface area (Å²) >= 11 is 3.26. The second kappa shape index (κ2) is 6.89. The fourth-order valence-electron chi connectivity index (χ4n) is 1.29. The molecule has 18 heavy (non-hydrogen) atoms. The van der Waals surface area contributed by atoms with Crippen molar-refractivity contribution in [2.45, 2.75) is 38.0 Å². The quantitative estimate of drug-likeness (QED) is 0.641. The molecule has 1 rings (SSSR count). The lowest BCUT2D eigenvalue weighted by Gasteiger charge is -2.05. The molecule has 0 aliphatic carbocycles. The third-order valence-corrected chi connectivity index (χ3v) is 4.13. The van der Waals surface area contributed by atoms with Crippen molar-refractivity contribution in [1.82, 2.24) is 4.83 Å². The van der Waals surface area contributed by atoms with E-state index < -0.39 is 10.0 Å². The predicted molar refractivity (Wildman–Crippen MR) is 77.1 cm³/mol. The smallest absolute Gasteiger partial charge is 0.200 e. The van der Waals surface area contributed by atoms with Gasteiger partial charge in [-0.2, -0.15) is 13.5 Å². The molecule has 0 unspecified atom stereocenters. The fourth-order valence-corrected chi connectivity index (χ4v) is 2.43. The lowest BCUT2D eigenvalue weighted by Crippen LogP contribution is -2.19. The van der Waals surface area contributed by atoms with Crippen LogP contribution >= 0.6 is 15.9 Å². The first-order valence-electron chi connectivity index (χ1n) is 5.76. The Morgan fingerprint density at radius 3 is 2.50 bits per heavy atom. The summed E-state index contributed by atoms with van der Waals surface area (Å²) in [5.74, 6) is 0. The van der Waals surface area contributed by atoms with Crippen molar-refractivity contribution in [3.8, 4) is 0 Å². The molecule has 0 fully saturated rings. The van der Waals surface area contributed by atoms with Gasteiger partial charge in [0, 0.05) is 10.2 Å². The topological polar surface area (TPSA) is 58.5 Å². The van der Waals surface area contributed by atoms with E-state index in [1.165, 1.54) is 12.1 Å². The van der Waals surface area contributed by atoms with Gasteiger partial charge in [-0.15, -0.1) is 0 Å². The standard InChI is InChI=1S/C12H17BrN2O2S/c1-3-4-5-10(2)14-15-18(16,17)12-8-6-11(13)7-9-12/h6-9,15H,3-5H2,1-2H3/b14-10-. The van der Waals surface area contributed by atoms with Crippen molar-refractivity contribution >= 4 is 31.7 Å². The summed E-state index contributed by atoms with van der Waals surface area (Å²) < 4.78 is 24.6. The van der Waals surface area contributed by atoms with Crippen LogP contribution in [-0.4, -0.2) is 14.1 Å². The summed E-state index contributed by atoms with van der Waals surface area (Å²) in [6.07, 6.45) is 2.88. The van der Waals surface area contributed by atoms with Gasteiger partial charge in [0.05, 0.1) is 4.90 Å². The van der Waals surface area contributed by atoms with Crippen LogP contribution in [0.2, 0.25) is 0 Å². The molecule has 0 saturated heterocycles. The lowest BCUT2D eigenvalue weighted by atomic mass is 10.2. The molecule has 0 aliphatic rings. The Labute approximate surface area is 117 Å². The minimum atomic E-state index is -3.56. The van der Waals surface area contributed by atoms with Crippen LogP contribution in [0, 0.1) is 0 Å². The van der Waals surface area contributed by atoms with E-state index in [4.69, 9.17) is 0 Å². The highest BCUT2D eigenvalue weighted by Gasteiger charge is 2.12. The molecule has 0 aliphatic heterocycles. The Bertz CT molecular complexity index is 509. The average Bonchev–Trinajstić information content (AvgIpc) is 2.34. The molecule has 1 aromatic rings. The van der Waals surface area contributed by atoms with Crippen molar-refractivity contribution in [1.29, 1.82) is 0 Å². The maximum atomic E-state index is 11.9. The molecular weight excluding hydrogens is 316 g/mol. The van der Waals surface area contributed by atoms with Gasteiger partial charge in [0.15, 0.2) is 0 Å². The molecule has 0 amide bonds. The summed E-state index contributed by atoms with van der Waals surface area (Å²) in [6.45, 7) is 3.90. The molecule has 6 heteroatoms. The molecule has 0 spiro atoms. The molecule has 0 bridgehead atoms. The number of hydrogen-bond acceptors (Lipinski definition) is 3. The maximum Gasteiger partial charge on any atom is 0.276 e. The van der Waals surface area contributed by atoms with Gasteiger partial charge in [-0.05, 0) is 44.0 Å². The fraction of sp³-hybridized carbons (Fsp3) is 0.417. The van der Waals surface area contributed by atoms with Gasteiger partial charge in [-0.25, -0.2) is 4.83 Å². The van der Waals surface area contributed by atoms with Crippen LogP contribution in [0.3, 0.4) is 0 Å². The molecule has 0 saturated carbocycles.